The number of hydrogen-bond acceptors (Lipinski definition) is 5. The molecule has 0 atom stereocenters. The summed E-state index contributed by atoms with van der Waals surface area (Å²) in [5, 5.41) is 0. The van der Waals surface area contributed by atoms with Gasteiger partial charge in [0, 0.05) is 10.5 Å². The molecule has 0 bridgehead atoms. The lowest BCUT2D eigenvalue weighted by atomic mass is 10.2. The van der Waals surface area contributed by atoms with E-state index in [0.717, 1.165) is 3.57 Å². The maximum absolute atomic E-state index is 12.4. The molecule has 0 saturated heterocycles. The lowest BCUT2D eigenvalue weighted by Gasteiger charge is -2.27. The van der Waals surface area contributed by atoms with E-state index in [1.54, 1.807) is 46.1 Å². The Labute approximate surface area is 143 Å². The highest BCUT2D eigenvalue weighted by Crippen LogP contribution is 2.28. The molecule has 122 valence electrons. The summed E-state index contributed by atoms with van der Waals surface area (Å²) in [6.45, 7) is 6.38. The van der Waals surface area contributed by atoms with Gasteiger partial charge in [-0.05, 0) is 61.6 Å². The van der Waals surface area contributed by atoms with E-state index < -0.39 is 17.7 Å². The maximum atomic E-state index is 12.4. The first-order chi connectivity index (χ1) is 10.1. The van der Waals surface area contributed by atoms with Crippen molar-refractivity contribution in [1.82, 2.24) is 0 Å². The zero-order chi connectivity index (χ0) is 16.9. The molecule has 0 N–H and O–H groups in total. The summed E-state index contributed by atoms with van der Waals surface area (Å²) in [5.41, 5.74) is -0.0689. The van der Waals surface area contributed by atoms with Gasteiger partial charge in [0.2, 0.25) is 0 Å². The number of carbonyl (C=O) groups excluding carboxylic acids is 2. The zero-order valence-electron chi connectivity index (χ0n) is 13.3. The predicted molar refractivity (Wildman–Crippen MR) is 91.1 cm³/mol. The van der Waals surface area contributed by atoms with Crippen LogP contribution in [0.25, 0.3) is 0 Å². The molecule has 0 heterocycles. The minimum Gasteiger partial charge on any atom is -0.497 e. The summed E-state index contributed by atoms with van der Waals surface area (Å²) in [5.74, 6) is 0.196. The van der Waals surface area contributed by atoms with Crippen LogP contribution in [-0.4, -0.2) is 31.5 Å². The van der Waals surface area contributed by atoms with Crippen LogP contribution >= 0.6 is 22.6 Å². The molecule has 0 saturated carbocycles. The SMILES string of the molecule is COc1ccc(N(COC(C)=O)C(=O)OC(C)(C)C)c(I)c1. The summed E-state index contributed by atoms with van der Waals surface area (Å²) in [6.07, 6.45) is -0.586. The first-order valence-corrected chi connectivity index (χ1v) is 7.69. The number of anilines is 1. The monoisotopic (exact) mass is 421 g/mol. The Morgan fingerprint density at radius 2 is 1.91 bits per heavy atom. The van der Waals surface area contributed by atoms with Gasteiger partial charge in [-0.15, -0.1) is 0 Å². The molecule has 1 amide bonds. The number of esters is 1. The van der Waals surface area contributed by atoms with Crippen molar-refractivity contribution in [2.75, 3.05) is 18.7 Å². The Kier molecular flexibility index (Phi) is 6.46. The average molecular weight is 421 g/mol. The van der Waals surface area contributed by atoms with Gasteiger partial charge >= 0.3 is 12.1 Å². The molecule has 22 heavy (non-hydrogen) atoms. The van der Waals surface area contributed by atoms with Gasteiger partial charge in [-0.25, -0.2) is 9.69 Å². The number of ether oxygens (including phenoxy) is 3. The molecule has 6 nitrogen and oxygen atoms in total. The Morgan fingerprint density at radius 1 is 1.27 bits per heavy atom. The van der Waals surface area contributed by atoms with Gasteiger partial charge in [0.05, 0.1) is 12.8 Å². The predicted octanol–water partition coefficient (Wildman–Crippen LogP) is 3.56. The number of amides is 1. The second kappa shape index (κ2) is 7.66. The van der Waals surface area contributed by atoms with Crippen LogP contribution in [0.5, 0.6) is 5.75 Å². The van der Waals surface area contributed by atoms with Crippen LogP contribution in [0, 0.1) is 3.57 Å². The number of nitrogens with zero attached hydrogens (tertiary/aromatic N) is 1. The Balaban J connectivity index is 3.08. The molecule has 7 heteroatoms. The highest BCUT2D eigenvalue weighted by atomic mass is 127. The van der Waals surface area contributed by atoms with Crippen molar-refractivity contribution in [3.05, 3.63) is 21.8 Å². The molecule has 0 aliphatic heterocycles. The van der Waals surface area contributed by atoms with E-state index in [1.807, 2.05) is 0 Å². The van der Waals surface area contributed by atoms with Crippen molar-refractivity contribution in [2.45, 2.75) is 33.3 Å². The number of carbonyl (C=O) groups is 2. The zero-order valence-corrected chi connectivity index (χ0v) is 15.5. The van der Waals surface area contributed by atoms with E-state index in [9.17, 15) is 9.59 Å². The van der Waals surface area contributed by atoms with Crippen LogP contribution < -0.4 is 9.64 Å². The Hall–Kier alpha value is -1.51. The van der Waals surface area contributed by atoms with Crippen molar-refractivity contribution >= 4 is 40.3 Å². The van der Waals surface area contributed by atoms with Gasteiger partial charge in [-0.2, -0.15) is 0 Å². The summed E-state index contributed by atoms with van der Waals surface area (Å²) < 4.78 is 16.2. The molecule has 0 unspecified atom stereocenters. The van der Waals surface area contributed by atoms with Gasteiger partial charge in [-0.1, -0.05) is 0 Å². The summed E-state index contributed by atoms with van der Waals surface area (Å²) >= 11 is 2.08. The molecule has 0 aromatic heterocycles. The second-order valence-electron chi connectivity index (χ2n) is 5.49. The smallest absolute Gasteiger partial charge is 0.417 e. The number of benzene rings is 1. The largest absolute Gasteiger partial charge is 0.497 e. The van der Waals surface area contributed by atoms with E-state index in [0.29, 0.717) is 11.4 Å². The normalized spacial score (nSPS) is 10.8. The minimum atomic E-state index is -0.649. The van der Waals surface area contributed by atoms with E-state index in [2.05, 4.69) is 22.6 Å². The molecule has 1 aromatic carbocycles. The quantitative estimate of drug-likeness (QED) is 0.423. The van der Waals surface area contributed by atoms with Crippen molar-refractivity contribution in [3.8, 4) is 5.75 Å². The van der Waals surface area contributed by atoms with Crippen LogP contribution in [-0.2, 0) is 14.3 Å². The topological polar surface area (TPSA) is 65.1 Å². The van der Waals surface area contributed by atoms with E-state index in [-0.39, 0.29) is 6.73 Å². The standard InChI is InChI=1S/C15H20INO5/c1-10(18)21-9-17(14(19)22-15(2,3)4)13-7-6-11(20-5)8-12(13)16/h6-8H,9H2,1-5H3. The number of rotatable bonds is 4. The Morgan fingerprint density at radius 3 is 2.36 bits per heavy atom. The van der Waals surface area contributed by atoms with Gasteiger partial charge < -0.3 is 14.2 Å². The summed E-state index contributed by atoms with van der Waals surface area (Å²) in [4.78, 5) is 24.7. The van der Waals surface area contributed by atoms with Gasteiger partial charge in [0.25, 0.3) is 0 Å². The van der Waals surface area contributed by atoms with Gasteiger partial charge in [-0.3, -0.25) is 4.79 Å². The highest BCUT2D eigenvalue weighted by Gasteiger charge is 2.25. The van der Waals surface area contributed by atoms with Crippen molar-refractivity contribution < 1.29 is 23.8 Å². The third-order valence-corrected chi connectivity index (χ3v) is 3.32. The molecule has 1 rings (SSSR count). The first-order valence-electron chi connectivity index (χ1n) is 6.61. The molecule has 0 radical (unpaired) electrons. The van der Waals surface area contributed by atoms with Gasteiger partial charge in [0.15, 0.2) is 6.73 Å². The summed E-state index contributed by atoms with van der Waals surface area (Å²) in [7, 11) is 1.57. The van der Waals surface area contributed by atoms with Crippen LogP contribution in [0.15, 0.2) is 18.2 Å². The molecule has 0 fully saturated rings. The van der Waals surface area contributed by atoms with E-state index in [1.165, 1.54) is 11.8 Å². The van der Waals surface area contributed by atoms with Crippen molar-refractivity contribution in [3.63, 3.8) is 0 Å². The molecule has 1 aromatic rings. The third kappa shape index (κ3) is 5.70. The van der Waals surface area contributed by atoms with Crippen LogP contribution in [0.1, 0.15) is 27.7 Å². The number of hydrogen-bond donors (Lipinski definition) is 0. The molecular weight excluding hydrogens is 401 g/mol. The summed E-state index contributed by atoms with van der Waals surface area (Å²) in [6, 6.07) is 5.22. The van der Waals surface area contributed by atoms with E-state index >= 15 is 0 Å². The highest BCUT2D eigenvalue weighted by molar-refractivity contribution is 14.1. The molecule has 0 aliphatic rings. The fourth-order valence-electron chi connectivity index (χ4n) is 1.53. The lowest BCUT2D eigenvalue weighted by Crippen LogP contribution is -2.39. The first kappa shape index (κ1) is 18.5. The third-order valence-electron chi connectivity index (χ3n) is 2.46. The fraction of sp³-hybridized carbons (Fsp3) is 0.467. The van der Waals surface area contributed by atoms with Crippen LogP contribution in [0.4, 0.5) is 10.5 Å². The van der Waals surface area contributed by atoms with Crippen LogP contribution in [0.2, 0.25) is 0 Å². The van der Waals surface area contributed by atoms with Crippen molar-refractivity contribution in [1.29, 1.82) is 0 Å². The molecule has 0 spiro atoms. The minimum absolute atomic E-state index is 0.216. The second-order valence-corrected chi connectivity index (χ2v) is 6.65. The number of halogens is 1. The maximum Gasteiger partial charge on any atom is 0.417 e. The molecule has 0 aliphatic carbocycles. The van der Waals surface area contributed by atoms with Gasteiger partial charge in [0.1, 0.15) is 11.4 Å². The Bertz CT molecular complexity index is 553. The lowest BCUT2D eigenvalue weighted by molar-refractivity contribution is -0.140. The average Bonchev–Trinajstić information content (AvgIpc) is 2.38. The molecular formula is C15H20INO5. The fourth-order valence-corrected chi connectivity index (χ4v) is 2.30. The van der Waals surface area contributed by atoms with Crippen LogP contribution in [0.3, 0.4) is 0 Å². The van der Waals surface area contributed by atoms with E-state index in [4.69, 9.17) is 14.2 Å². The number of methoxy groups -OCH3 is 1. The van der Waals surface area contributed by atoms with Crippen molar-refractivity contribution in [2.24, 2.45) is 0 Å².